The van der Waals surface area contributed by atoms with Crippen molar-refractivity contribution in [2.75, 3.05) is 22.1 Å². The molecule has 136 valence electrons. The van der Waals surface area contributed by atoms with Crippen LogP contribution in [0, 0.1) is 0 Å². The molecule has 0 amide bonds. The number of hydrazone groups is 1. The largest absolute Gasteiger partial charge is 0.276 e. The number of hydrogen-bond acceptors (Lipinski definition) is 6. The predicted octanol–water partition coefficient (Wildman–Crippen LogP) is 5.76. The van der Waals surface area contributed by atoms with E-state index >= 15 is 0 Å². The van der Waals surface area contributed by atoms with Gasteiger partial charge in [0, 0.05) is 0 Å². The first-order valence-corrected chi connectivity index (χ1v) is 14.6. The molecule has 0 spiro atoms. The van der Waals surface area contributed by atoms with Crippen LogP contribution in [-0.4, -0.2) is 21.2 Å². The van der Waals surface area contributed by atoms with Gasteiger partial charge < -0.3 is 0 Å². The lowest BCUT2D eigenvalue weighted by Crippen LogP contribution is -2.39. The first-order chi connectivity index (χ1) is 12.6. The Morgan fingerprint density at radius 1 is 1.12 bits per heavy atom. The lowest BCUT2D eigenvalue weighted by molar-refractivity contribution is 1.02. The highest BCUT2D eigenvalue weighted by Gasteiger charge is 2.42. The fourth-order valence-corrected chi connectivity index (χ4v) is 10.6. The van der Waals surface area contributed by atoms with Crippen LogP contribution in [0.25, 0.3) is 0 Å². The molecule has 3 rings (SSSR count). The van der Waals surface area contributed by atoms with Gasteiger partial charge in [0.05, 0.1) is 11.4 Å². The molecule has 1 N–H and O–H groups in total. The normalized spacial score (nSPS) is 19.2. The molecule has 1 aliphatic rings. The van der Waals surface area contributed by atoms with Crippen LogP contribution in [-0.2, 0) is 11.8 Å². The van der Waals surface area contributed by atoms with Crippen molar-refractivity contribution in [2.45, 2.75) is 0 Å². The van der Waals surface area contributed by atoms with E-state index in [0.717, 1.165) is 15.8 Å². The second kappa shape index (κ2) is 8.99. The van der Waals surface area contributed by atoms with Gasteiger partial charge in [0.25, 0.3) is 0 Å². The van der Waals surface area contributed by atoms with Crippen molar-refractivity contribution in [1.82, 2.24) is 5.43 Å². The van der Waals surface area contributed by atoms with Gasteiger partial charge in [-0.2, -0.15) is 5.10 Å². The van der Waals surface area contributed by atoms with Crippen molar-refractivity contribution in [3.8, 4) is 0 Å². The quantitative estimate of drug-likeness (QED) is 0.353. The van der Waals surface area contributed by atoms with Gasteiger partial charge in [0.15, 0.2) is 8.70 Å². The molecule has 0 aliphatic carbocycles. The Morgan fingerprint density at radius 3 is 2.31 bits per heavy atom. The average molecular weight is 457 g/mol. The number of nitrogens with zero attached hydrogens (tertiary/aromatic N) is 3. The van der Waals surface area contributed by atoms with Crippen LogP contribution >= 0.6 is 52.7 Å². The van der Waals surface area contributed by atoms with Crippen LogP contribution in [0.5, 0.6) is 0 Å². The lowest BCUT2D eigenvalue weighted by Gasteiger charge is -2.37. The van der Waals surface area contributed by atoms with Crippen molar-refractivity contribution in [3.05, 3.63) is 60.7 Å². The molecular formula is C16H17N4PS5. The lowest BCUT2D eigenvalue weighted by atomic mass is 10.3. The third kappa shape index (κ3) is 4.24. The highest BCUT2D eigenvalue weighted by molar-refractivity contribution is 8.81. The number of anilines is 2. The van der Waals surface area contributed by atoms with E-state index in [1.807, 2.05) is 82.7 Å². The summed E-state index contributed by atoms with van der Waals surface area (Å²) < 4.78 is 5.62. The number of thioether (sulfide) groups is 2. The summed E-state index contributed by atoms with van der Waals surface area (Å²) in [7, 11) is 0. The smallest absolute Gasteiger partial charge is 0.225 e. The summed E-state index contributed by atoms with van der Waals surface area (Å²) in [6, 6.07) is 20.1. The molecule has 10 heteroatoms. The van der Waals surface area contributed by atoms with Gasteiger partial charge in [-0.05, 0) is 60.0 Å². The second-order valence-electron chi connectivity index (χ2n) is 5.03. The number of para-hydroxylation sites is 2. The van der Waals surface area contributed by atoms with Crippen molar-refractivity contribution in [3.63, 3.8) is 0 Å². The Bertz CT molecular complexity index is 846. The molecule has 1 heterocycles. The molecule has 2 aromatic carbocycles. The summed E-state index contributed by atoms with van der Waals surface area (Å²) in [6.07, 6.45) is 3.97. The van der Waals surface area contributed by atoms with Gasteiger partial charge in [0.2, 0.25) is 5.54 Å². The summed E-state index contributed by atoms with van der Waals surface area (Å²) in [5.74, 6) is 0. The van der Waals surface area contributed by atoms with Crippen LogP contribution < -0.4 is 15.0 Å². The molecule has 2 aromatic rings. The van der Waals surface area contributed by atoms with E-state index in [-0.39, 0.29) is 0 Å². The molecule has 1 atom stereocenters. The zero-order valence-corrected chi connectivity index (χ0v) is 19.1. The molecular weight excluding hydrogens is 440 g/mol. The van der Waals surface area contributed by atoms with Gasteiger partial charge in [-0.15, -0.1) is 11.8 Å². The van der Waals surface area contributed by atoms with E-state index in [1.54, 1.807) is 23.1 Å². The fraction of sp³-hybridized carbons (Fsp3) is 0.125. The maximum atomic E-state index is 6.25. The Hall–Kier alpha value is -0.700. The van der Waals surface area contributed by atoms with Gasteiger partial charge in [-0.1, -0.05) is 60.4 Å². The molecule has 0 aromatic heterocycles. The van der Waals surface area contributed by atoms with Crippen molar-refractivity contribution in [1.29, 1.82) is 0 Å². The molecule has 0 fully saturated rings. The maximum Gasteiger partial charge on any atom is 0.225 e. The van der Waals surface area contributed by atoms with E-state index in [0.29, 0.717) is 4.32 Å². The third-order valence-electron chi connectivity index (χ3n) is 3.41. The number of rotatable bonds is 4. The summed E-state index contributed by atoms with van der Waals surface area (Å²) in [5.41, 5.74) is 2.89. The van der Waals surface area contributed by atoms with Gasteiger partial charge >= 0.3 is 0 Å². The van der Waals surface area contributed by atoms with Crippen LogP contribution in [0.15, 0.2) is 65.8 Å². The Balaban J connectivity index is 2.08. The van der Waals surface area contributed by atoms with Crippen molar-refractivity contribution in [2.24, 2.45) is 5.10 Å². The molecule has 1 unspecified atom stereocenters. The summed E-state index contributed by atoms with van der Waals surface area (Å²) in [5, 5.41) is 4.80. The Morgan fingerprint density at radius 2 is 1.73 bits per heavy atom. The van der Waals surface area contributed by atoms with E-state index in [1.165, 1.54) is 11.8 Å². The first-order valence-electron chi connectivity index (χ1n) is 7.56. The van der Waals surface area contributed by atoms with Crippen molar-refractivity contribution >= 4 is 84.5 Å². The maximum absolute atomic E-state index is 6.25. The Kier molecular flexibility index (Phi) is 6.93. The third-order valence-corrected chi connectivity index (χ3v) is 11.9. The van der Waals surface area contributed by atoms with Crippen LogP contribution in [0.2, 0.25) is 0 Å². The number of thiocarbonyl (C=S) groups is 1. The first kappa shape index (κ1) is 20.0. The minimum Gasteiger partial charge on any atom is -0.276 e. The minimum atomic E-state index is -2.39. The molecule has 0 radical (unpaired) electrons. The molecule has 0 saturated carbocycles. The highest BCUT2D eigenvalue weighted by atomic mass is 32.9. The number of hydrazine groups is 1. The van der Waals surface area contributed by atoms with Gasteiger partial charge in [0.1, 0.15) is 0 Å². The van der Waals surface area contributed by atoms with Crippen LogP contribution in [0.1, 0.15) is 0 Å². The van der Waals surface area contributed by atoms with Gasteiger partial charge in [-0.3, -0.25) is 5.43 Å². The summed E-state index contributed by atoms with van der Waals surface area (Å²) >= 11 is 16.4. The molecule has 26 heavy (non-hydrogen) atoms. The fourth-order valence-electron chi connectivity index (χ4n) is 2.24. The van der Waals surface area contributed by atoms with Crippen LogP contribution in [0.3, 0.4) is 0 Å². The average Bonchev–Trinajstić information content (AvgIpc) is 3.04. The minimum absolute atomic E-state index is 0.671. The monoisotopic (exact) mass is 456 g/mol. The topological polar surface area (TPSA) is 30.9 Å². The van der Waals surface area contributed by atoms with Gasteiger partial charge in [-0.25, -0.2) is 9.56 Å². The Labute approximate surface area is 177 Å². The zero-order chi connectivity index (χ0) is 18.6. The van der Waals surface area contributed by atoms with E-state index in [9.17, 15) is 0 Å². The van der Waals surface area contributed by atoms with E-state index in [2.05, 4.69) is 5.43 Å². The zero-order valence-electron chi connectivity index (χ0n) is 14.1. The summed E-state index contributed by atoms with van der Waals surface area (Å²) in [4.78, 5) is 0. The SMILES string of the molecule is CSC(=S)NN(c1ccccc1)P1(=S)SC(SC)=NN1c1ccccc1. The van der Waals surface area contributed by atoms with E-state index < -0.39 is 5.54 Å². The molecule has 1 aliphatic heterocycles. The number of hydrogen-bond donors (Lipinski definition) is 1. The number of nitrogens with one attached hydrogen (secondary N) is 1. The van der Waals surface area contributed by atoms with Crippen LogP contribution in [0.4, 0.5) is 11.4 Å². The number of benzene rings is 2. The molecule has 0 bridgehead atoms. The molecule has 4 nitrogen and oxygen atoms in total. The van der Waals surface area contributed by atoms with Crippen molar-refractivity contribution < 1.29 is 0 Å². The molecule has 0 saturated heterocycles. The second-order valence-corrected chi connectivity index (χ2v) is 14.2. The van der Waals surface area contributed by atoms with E-state index in [4.69, 9.17) is 29.1 Å². The standard InChI is InChI=1S/C16H17N4PS5/c1-24-15(22)17-19(13-9-5-3-6-10-13)21(23)20(18-16(25-2)26-21)14-11-7-4-8-12-14/h3-12H,1-2H3,(H,17,22). The summed E-state index contributed by atoms with van der Waals surface area (Å²) in [6.45, 7) is 0. The highest BCUT2D eigenvalue weighted by Crippen LogP contribution is 2.70. The predicted molar refractivity (Wildman–Crippen MR) is 130 cm³/mol.